The number of fused-ring (bicyclic) bond motifs is 3. The zero-order valence-electron chi connectivity index (χ0n) is 19.2. The first-order chi connectivity index (χ1) is 16.5. The number of nitrogens with one attached hydrogen (secondary N) is 1. The number of amides is 2. The fourth-order valence-electron chi connectivity index (χ4n) is 4.77. The highest BCUT2D eigenvalue weighted by molar-refractivity contribution is 5.86. The number of alkyl carbamates (subject to hydrolysis) is 1. The van der Waals surface area contributed by atoms with Crippen LogP contribution in [0.25, 0.3) is 11.1 Å². The van der Waals surface area contributed by atoms with E-state index in [0.29, 0.717) is 32.4 Å². The third kappa shape index (κ3) is 5.22. The largest absolute Gasteiger partial charge is 0.480 e. The molecule has 0 radical (unpaired) electrons. The van der Waals surface area contributed by atoms with E-state index in [9.17, 15) is 14.4 Å². The minimum absolute atomic E-state index is 0.0428. The number of carboxylic acid groups (broad SMARTS) is 1. The van der Waals surface area contributed by atoms with E-state index < -0.39 is 18.1 Å². The van der Waals surface area contributed by atoms with Crippen molar-refractivity contribution < 1.29 is 29.0 Å². The normalized spacial score (nSPS) is 16.4. The third-order valence-electron chi connectivity index (χ3n) is 6.54. The van der Waals surface area contributed by atoms with Gasteiger partial charge in [-0.15, -0.1) is 0 Å². The van der Waals surface area contributed by atoms with E-state index in [-0.39, 0.29) is 31.1 Å². The summed E-state index contributed by atoms with van der Waals surface area (Å²) in [6.07, 6.45) is 0.802. The predicted molar refractivity (Wildman–Crippen MR) is 125 cm³/mol. The van der Waals surface area contributed by atoms with Crippen molar-refractivity contribution >= 4 is 18.0 Å². The van der Waals surface area contributed by atoms with Crippen LogP contribution in [0, 0.1) is 0 Å². The van der Waals surface area contributed by atoms with Crippen molar-refractivity contribution in [1.82, 2.24) is 10.2 Å². The van der Waals surface area contributed by atoms with E-state index in [0.717, 1.165) is 22.3 Å². The van der Waals surface area contributed by atoms with Crippen molar-refractivity contribution in [2.45, 2.75) is 44.2 Å². The standard InChI is InChI=1S/C26H30N2O6/c1-2-23(25(31)28-13-11-17(12-14-28)33-16-24(29)30)27-26(32)34-15-22-20-9-5-3-7-18(20)19-8-4-6-10-21(19)22/h3-10,17,22-23H,2,11-16H2,1H3,(H,27,32)(H,29,30). The molecule has 2 N–H and O–H groups in total. The zero-order chi connectivity index (χ0) is 24.1. The molecule has 2 amide bonds. The molecule has 8 nitrogen and oxygen atoms in total. The Morgan fingerprint density at radius 2 is 1.62 bits per heavy atom. The number of carboxylic acids is 1. The van der Waals surface area contributed by atoms with E-state index in [2.05, 4.69) is 29.6 Å². The fourth-order valence-corrected chi connectivity index (χ4v) is 4.77. The summed E-state index contributed by atoms with van der Waals surface area (Å²) >= 11 is 0. The summed E-state index contributed by atoms with van der Waals surface area (Å²) < 4.78 is 10.9. The second-order valence-corrected chi connectivity index (χ2v) is 8.66. The quantitative estimate of drug-likeness (QED) is 0.618. The number of hydrogen-bond acceptors (Lipinski definition) is 5. The minimum atomic E-state index is -1.00. The molecule has 2 aliphatic rings. The molecule has 1 aliphatic heterocycles. The lowest BCUT2D eigenvalue weighted by molar-refractivity contribution is -0.147. The third-order valence-corrected chi connectivity index (χ3v) is 6.54. The molecule has 1 fully saturated rings. The lowest BCUT2D eigenvalue weighted by atomic mass is 9.98. The Hall–Kier alpha value is -3.39. The van der Waals surface area contributed by atoms with Gasteiger partial charge in [-0.3, -0.25) is 4.79 Å². The van der Waals surface area contributed by atoms with Crippen LogP contribution in [0.2, 0.25) is 0 Å². The van der Waals surface area contributed by atoms with Gasteiger partial charge in [-0.25, -0.2) is 9.59 Å². The summed E-state index contributed by atoms with van der Waals surface area (Å²) in [6.45, 7) is 2.63. The van der Waals surface area contributed by atoms with Crippen LogP contribution in [-0.4, -0.2) is 66.4 Å². The first kappa shape index (κ1) is 23.8. The molecule has 1 aliphatic carbocycles. The second-order valence-electron chi connectivity index (χ2n) is 8.66. The highest BCUT2D eigenvalue weighted by Gasteiger charge is 2.31. The lowest BCUT2D eigenvalue weighted by Gasteiger charge is -2.33. The molecule has 2 aromatic carbocycles. The topological polar surface area (TPSA) is 105 Å². The maximum Gasteiger partial charge on any atom is 0.407 e. The number of piperidine rings is 1. The van der Waals surface area contributed by atoms with Crippen LogP contribution in [0.1, 0.15) is 43.2 Å². The molecule has 4 rings (SSSR count). The number of benzene rings is 2. The molecule has 0 spiro atoms. The average Bonchev–Trinajstić information content (AvgIpc) is 3.18. The molecule has 180 valence electrons. The molecule has 1 atom stereocenters. The van der Waals surface area contributed by atoms with Crippen LogP contribution >= 0.6 is 0 Å². The Balaban J connectivity index is 1.30. The van der Waals surface area contributed by atoms with Crippen molar-refractivity contribution in [2.75, 3.05) is 26.3 Å². The van der Waals surface area contributed by atoms with Gasteiger partial charge >= 0.3 is 12.1 Å². The minimum Gasteiger partial charge on any atom is -0.480 e. The van der Waals surface area contributed by atoms with Crippen molar-refractivity contribution in [2.24, 2.45) is 0 Å². The smallest absolute Gasteiger partial charge is 0.407 e. The fraction of sp³-hybridized carbons (Fsp3) is 0.423. The predicted octanol–water partition coefficient (Wildman–Crippen LogP) is 3.40. The van der Waals surface area contributed by atoms with Crippen LogP contribution in [0.15, 0.2) is 48.5 Å². The Morgan fingerprint density at radius 1 is 1.03 bits per heavy atom. The molecule has 1 heterocycles. The van der Waals surface area contributed by atoms with Gasteiger partial charge in [0.2, 0.25) is 5.91 Å². The van der Waals surface area contributed by atoms with Crippen molar-refractivity contribution in [3.05, 3.63) is 59.7 Å². The van der Waals surface area contributed by atoms with Gasteiger partial charge in [0, 0.05) is 19.0 Å². The Kier molecular flexibility index (Phi) is 7.47. The van der Waals surface area contributed by atoms with Gasteiger partial charge < -0.3 is 24.8 Å². The van der Waals surface area contributed by atoms with E-state index in [1.807, 2.05) is 31.2 Å². The highest BCUT2D eigenvalue weighted by Crippen LogP contribution is 2.44. The molecule has 0 saturated carbocycles. The van der Waals surface area contributed by atoms with E-state index in [1.54, 1.807) is 4.90 Å². The summed E-state index contributed by atoms with van der Waals surface area (Å²) in [6, 6.07) is 15.6. The van der Waals surface area contributed by atoms with Gasteiger partial charge in [-0.2, -0.15) is 0 Å². The van der Waals surface area contributed by atoms with E-state index >= 15 is 0 Å². The van der Waals surface area contributed by atoms with Crippen molar-refractivity contribution in [3.63, 3.8) is 0 Å². The zero-order valence-corrected chi connectivity index (χ0v) is 19.2. The molecule has 8 heteroatoms. The van der Waals surface area contributed by atoms with Crippen LogP contribution in [-0.2, 0) is 19.1 Å². The molecular formula is C26H30N2O6. The molecular weight excluding hydrogens is 436 g/mol. The maximum absolute atomic E-state index is 12.9. The van der Waals surface area contributed by atoms with E-state index in [4.69, 9.17) is 14.6 Å². The van der Waals surface area contributed by atoms with Gasteiger partial charge in [-0.05, 0) is 41.5 Å². The van der Waals surface area contributed by atoms with Gasteiger partial charge in [0.05, 0.1) is 6.10 Å². The van der Waals surface area contributed by atoms with Gasteiger partial charge in [-0.1, -0.05) is 55.5 Å². The van der Waals surface area contributed by atoms with Crippen LogP contribution in [0.4, 0.5) is 4.79 Å². The number of carbonyl (C=O) groups is 3. The van der Waals surface area contributed by atoms with Gasteiger partial charge in [0.15, 0.2) is 0 Å². The number of aliphatic carboxylic acids is 1. The SMILES string of the molecule is CCC(NC(=O)OCC1c2ccccc2-c2ccccc21)C(=O)N1CCC(OCC(=O)O)CC1. The van der Waals surface area contributed by atoms with Crippen molar-refractivity contribution in [1.29, 1.82) is 0 Å². The van der Waals surface area contributed by atoms with Gasteiger partial charge in [0.25, 0.3) is 0 Å². The van der Waals surface area contributed by atoms with Crippen LogP contribution < -0.4 is 5.32 Å². The summed E-state index contributed by atoms with van der Waals surface area (Å²) in [4.78, 5) is 37.9. The number of nitrogens with zero attached hydrogens (tertiary/aromatic N) is 1. The summed E-state index contributed by atoms with van der Waals surface area (Å²) in [7, 11) is 0. The number of hydrogen-bond donors (Lipinski definition) is 2. The van der Waals surface area contributed by atoms with E-state index in [1.165, 1.54) is 0 Å². The Labute approximate surface area is 198 Å². The molecule has 1 unspecified atom stereocenters. The Bertz CT molecular complexity index is 1000. The number of likely N-dealkylation sites (tertiary alicyclic amines) is 1. The molecule has 34 heavy (non-hydrogen) atoms. The number of rotatable bonds is 8. The monoisotopic (exact) mass is 466 g/mol. The molecule has 2 aromatic rings. The van der Waals surface area contributed by atoms with Crippen molar-refractivity contribution in [3.8, 4) is 11.1 Å². The molecule has 0 aromatic heterocycles. The van der Waals surface area contributed by atoms with Gasteiger partial charge in [0.1, 0.15) is 19.3 Å². The van der Waals surface area contributed by atoms with Crippen LogP contribution in [0.5, 0.6) is 0 Å². The molecule has 0 bridgehead atoms. The first-order valence-electron chi connectivity index (χ1n) is 11.7. The summed E-state index contributed by atoms with van der Waals surface area (Å²) in [5.41, 5.74) is 4.58. The molecule has 1 saturated heterocycles. The second kappa shape index (κ2) is 10.7. The van der Waals surface area contributed by atoms with Crippen LogP contribution in [0.3, 0.4) is 0 Å². The lowest BCUT2D eigenvalue weighted by Crippen LogP contribution is -2.51. The summed E-state index contributed by atoms with van der Waals surface area (Å²) in [5, 5.41) is 11.5. The Morgan fingerprint density at radius 3 is 2.18 bits per heavy atom. The first-order valence-corrected chi connectivity index (χ1v) is 11.7. The number of carbonyl (C=O) groups excluding carboxylic acids is 2. The maximum atomic E-state index is 12.9. The average molecular weight is 467 g/mol. The number of ether oxygens (including phenoxy) is 2. The summed E-state index contributed by atoms with van der Waals surface area (Å²) in [5.74, 6) is -1.21. The highest BCUT2D eigenvalue weighted by atomic mass is 16.5.